The largest absolute Gasteiger partial charge is 0.390 e. The standard InChI is InChI=1S/C26H45N9O10S/c1-5-7-17(36)30-21(46-13-6-8-35-9-11-45-12-10-35)20(39)29-16(14-26(3,4)44)19(38)32-24(42)34-25(43)33-23(41)28-15(2)18(37)31-22(27)40/h15-16,21,44H,5-14H2,1-4H3,(H,29,39)(H,30,36)(H3,27,31,37,40)(H4,28,32,33,34,38,41,42,43)/t15-,16+,21-/m1/s1. The third-order valence-corrected chi connectivity index (χ3v) is 7.22. The van der Waals surface area contributed by atoms with E-state index >= 15 is 0 Å². The van der Waals surface area contributed by atoms with Gasteiger partial charge in [-0.05, 0) is 45.9 Å². The number of morpholine rings is 1. The second kappa shape index (κ2) is 20.2. The zero-order valence-electron chi connectivity index (χ0n) is 26.4. The van der Waals surface area contributed by atoms with Crippen molar-refractivity contribution in [2.24, 2.45) is 5.73 Å². The summed E-state index contributed by atoms with van der Waals surface area (Å²) >= 11 is 1.17. The summed E-state index contributed by atoms with van der Waals surface area (Å²) in [6.45, 7) is 9.39. The molecule has 1 rings (SSSR count). The van der Waals surface area contributed by atoms with Crippen LogP contribution in [0.4, 0.5) is 19.2 Å². The number of thioether (sulfide) groups is 1. The van der Waals surface area contributed by atoms with E-state index in [1.807, 2.05) is 10.6 Å². The second-order valence-corrected chi connectivity index (χ2v) is 12.1. The van der Waals surface area contributed by atoms with E-state index in [-0.39, 0.29) is 18.7 Å². The van der Waals surface area contributed by atoms with Crippen LogP contribution in [-0.2, 0) is 23.9 Å². The summed E-state index contributed by atoms with van der Waals surface area (Å²) in [6, 6.07) is -7.92. The first-order valence-electron chi connectivity index (χ1n) is 14.6. The molecule has 0 aromatic rings. The number of carbonyl (C=O) groups excluding carboxylic acids is 8. The van der Waals surface area contributed by atoms with Crippen molar-refractivity contribution in [3.63, 3.8) is 0 Å². The fraction of sp³-hybridized carbons (Fsp3) is 0.692. The van der Waals surface area contributed by atoms with Gasteiger partial charge in [-0.15, -0.1) is 11.8 Å². The number of hydrogen-bond donors (Lipinski definition) is 9. The van der Waals surface area contributed by atoms with Gasteiger partial charge in [-0.1, -0.05) is 6.92 Å². The number of rotatable bonds is 15. The number of amides is 12. The molecule has 0 aromatic carbocycles. The molecule has 0 saturated carbocycles. The Balaban J connectivity index is 2.80. The van der Waals surface area contributed by atoms with Gasteiger partial charge in [-0.25, -0.2) is 19.2 Å². The van der Waals surface area contributed by atoms with Crippen molar-refractivity contribution in [1.29, 1.82) is 0 Å². The lowest BCUT2D eigenvalue weighted by atomic mass is 9.98. The SMILES string of the molecule is CCCC(=O)N[C@H](SCCCN1CCOCC1)C(=O)N[C@@H](CC(C)(C)O)C(=O)NC(=O)NC(=O)NC(=O)N[C@H](C)C(=O)NC(N)=O. The molecule has 1 aliphatic rings. The highest BCUT2D eigenvalue weighted by atomic mass is 32.2. The number of carbonyl (C=O) groups is 8. The number of hydrogen-bond acceptors (Lipinski definition) is 12. The van der Waals surface area contributed by atoms with Gasteiger partial charge in [0.15, 0.2) is 5.37 Å². The van der Waals surface area contributed by atoms with Crippen LogP contribution in [0.3, 0.4) is 0 Å². The minimum atomic E-state index is -1.50. The summed E-state index contributed by atoms with van der Waals surface area (Å²) in [6.07, 6.45) is 1.07. The molecule has 0 aromatic heterocycles. The van der Waals surface area contributed by atoms with Crippen molar-refractivity contribution in [2.75, 3.05) is 38.6 Å². The van der Waals surface area contributed by atoms with Gasteiger partial charge >= 0.3 is 24.1 Å². The smallest absolute Gasteiger partial charge is 0.330 e. The Bertz CT molecular complexity index is 1110. The molecule has 1 fully saturated rings. The minimum absolute atomic E-state index is 0.172. The predicted molar refractivity (Wildman–Crippen MR) is 165 cm³/mol. The summed E-state index contributed by atoms with van der Waals surface area (Å²) in [5.41, 5.74) is 3.32. The molecule has 1 aliphatic heterocycles. The van der Waals surface area contributed by atoms with Gasteiger partial charge in [0.05, 0.1) is 18.8 Å². The molecule has 46 heavy (non-hydrogen) atoms. The normalized spacial score (nSPS) is 15.2. The molecule has 0 aliphatic carbocycles. The maximum absolute atomic E-state index is 13.3. The first-order chi connectivity index (χ1) is 21.5. The van der Waals surface area contributed by atoms with Crippen molar-refractivity contribution in [3.05, 3.63) is 0 Å². The van der Waals surface area contributed by atoms with Crippen molar-refractivity contribution in [2.45, 2.75) is 76.4 Å². The molecule has 12 amide bonds. The number of urea groups is 4. The molecule has 3 atom stereocenters. The number of nitrogens with zero attached hydrogens (tertiary/aromatic N) is 1. The number of primary amides is 1. The van der Waals surface area contributed by atoms with Gasteiger partial charge in [0, 0.05) is 25.9 Å². The number of imide groups is 4. The molecule has 10 N–H and O–H groups in total. The monoisotopic (exact) mass is 675 g/mol. The van der Waals surface area contributed by atoms with Crippen LogP contribution >= 0.6 is 11.8 Å². The fourth-order valence-electron chi connectivity index (χ4n) is 3.89. The average molecular weight is 676 g/mol. The molecular formula is C26H45N9O10S. The van der Waals surface area contributed by atoms with E-state index in [2.05, 4.69) is 15.5 Å². The lowest BCUT2D eigenvalue weighted by Gasteiger charge is -2.28. The molecule has 0 unspecified atom stereocenters. The first kappa shape index (κ1) is 40.0. The molecule has 19 nitrogen and oxygen atoms in total. The topological polar surface area (TPSA) is 279 Å². The van der Waals surface area contributed by atoms with Gasteiger partial charge in [0.2, 0.25) is 11.8 Å². The Morgan fingerprint density at radius 1 is 0.870 bits per heavy atom. The van der Waals surface area contributed by atoms with Crippen LogP contribution in [0, 0.1) is 0 Å². The van der Waals surface area contributed by atoms with Gasteiger partial charge in [-0.2, -0.15) is 0 Å². The third-order valence-electron chi connectivity index (χ3n) is 6.03. The van der Waals surface area contributed by atoms with Crippen molar-refractivity contribution >= 4 is 59.5 Å². The van der Waals surface area contributed by atoms with Crippen molar-refractivity contribution in [1.82, 2.24) is 42.1 Å². The van der Waals surface area contributed by atoms with Gasteiger partial charge in [0.25, 0.3) is 11.8 Å². The Hall–Kier alpha value is -4.01. The summed E-state index contributed by atoms with van der Waals surface area (Å²) in [7, 11) is 0. The number of nitrogens with one attached hydrogen (secondary N) is 7. The summed E-state index contributed by atoms with van der Waals surface area (Å²) < 4.78 is 5.34. The molecule has 20 heteroatoms. The maximum atomic E-state index is 13.3. The van der Waals surface area contributed by atoms with Gasteiger partial charge in [-0.3, -0.25) is 45.3 Å². The first-order valence-corrected chi connectivity index (χ1v) is 15.6. The second-order valence-electron chi connectivity index (χ2n) is 10.9. The minimum Gasteiger partial charge on any atom is -0.390 e. The van der Waals surface area contributed by atoms with E-state index in [4.69, 9.17) is 10.5 Å². The third kappa shape index (κ3) is 17.5. The molecule has 0 spiro atoms. The highest BCUT2D eigenvalue weighted by Crippen LogP contribution is 2.15. The van der Waals surface area contributed by atoms with E-state index in [0.717, 1.165) is 19.6 Å². The Labute approximate surface area is 270 Å². The molecule has 0 radical (unpaired) electrons. The Morgan fingerprint density at radius 2 is 1.48 bits per heavy atom. The van der Waals surface area contributed by atoms with Crippen LogP contribution < -0.4 is 43.0 Å². The Kier molecular flexibility index (Phi) is 17.6. The van der Waals surface area contributed by atoms with E-state index in [1.165, 1.54) is 32.5 Å². The molecular weight excluding hydrogens is 630 g/mol. The Morgan fingerprint density at radius 3 is 2.07 bits per heavy atom. The number of aliphatic hydroxyl groups is 1. The summed E-state index contributed by atoms with van der Waals surface area (Å²) in [5.74, 6) is -2.68. The number of ether oxygens (including phenoxy) is 1. The van der Waals surface area contributed by atoms with Gasteiger partial charge < -0.3 is 31.5 Å². The van der Waals surface area contributed by atoms with Crippen LogP contribution in [0.15, 0.2) is 0 Å². The predicted octanol–water partition coefficient (Wildman–Crippen LogP) is -1.84. The summed E-state index contributed by atoms with van der Waals surface area (Å²) in [4.78, 5) is 99.4. The maximum Gasteiger partial charge on any atom is 0.330 e. The molecule has 1 saturated heterocycles. The van der Waals surface area contributed by atoms with Crippen LogP contribution in [0.1, 0.15) is 53.4 Å². The quantitative estimate of drug-likeness (QED) is 0.0684. The van der Waals surface area contributed by atoms with Crippen molar-refractivity contribution in [3.8, 4) is 0 Å². The molecule has 1 heterocycles. The average Bonchev–Trinajstić information content (AvgIpc) is 2.93. The fourth-order valence-corrected chi connectivity index (χ4v) is 4.86. The van der Waals surface area contributed by atoms with Crippen molar-refractivity contribution < 1.29 is 48.2 Å². The van der Waals surface area contributed by atoms with Crippen LogP contribution in [0.2, 0.25) is 0 Å². The highest BCUT2D eigenvalue weighted by molar-refractivity contribution is 8.00. The zero-order chi connectivity index (χ0) is 34.9. The van der Waals surface area contributed by atoms with Crippen LogP contribution in [-0.4, -0.2) is 119 Å². The molecule has 260 valence electrons. The zero-order valence-corrected chi connectivity index (χ0v) is 27.2. The number of nitrogens with two attached hydrogens (primary N) is 1. The van der Waals surface area contributed by atoms with Gasteiger partial charge in [0.1, 0.15) is 12.1 Å². The lowest BCUT2D eigenvalue weighted by Crippen LogP contribution is -2.58. The van der Waals surface area contributed by atoms with E-state index < -0.39 is 64.9 Å². The van der Waals surface area contributed by atoms with E-state index in [0.29, 0.717) is 31.8 Å². The van der Waals surface area contributed by atoms with E-state index in [9.17, 15) is 43.5 Å². The summed E-state index contributed by atoms with van der Waals surface area (Å²) in [5, 5.41) is 23.3. The molecule has 0 bridgehead atoms. The van der Waals surface area contributed by atoms with Crippen LogP contribution in [0.25, 0.3) is 0 Å². The van der Waals surface area contributed by atoms with Crippen LogP contribution in [0.5, 0.6) is 0 Å². The lowest BCUT2D eigenvalue weighted by molar-refractivity contribution is -0.131. The highest BCUT2D eigenvalue weighted by Gasteiger charge is 2.32. The van der Waals surface area contributed by atoms with E-state index in [1.54, 1.807) is 22.9 Å².